The number of non-ortho nitro benzene ring substituents is 1. The Morgan fingerprint density at radius 3 is 2.25 bits per heavy atom. The maximum absolute atomic E-state index is 12.2. The molecule has 0 unspecified atom stereocenters. The minimum Gasteiger partial charge on any atom is -0.493 e. The van der Waals surface area contributed by atoms with Gasteiger partial charge in [-0.1, -0.05) is 13.8 Å². The first-order valence-corrected chi connectivity index (χ1v) is 9.53. The van der Waals surface area contributed by atoms with Crippen LogP contribution in [0.15, 0.2) is 42.5 Å². The minimum absolute atomic E-state index is 0.0970. The van der Waals surface area contributed by atoms with Gasteiger partial charge < -0.3 is 14.2 Å². The van der Waals surface area contributed by atoms with Crippen LogP contribution in [-0.2, 0) is 9.53 Å². The number of nitrogens with zero attached hydrogens (tertiary/aromatic N) is 1. The van der Waals surface area contributed by atoms with E-state index in [9.17, 15) is 24.5 Å². The SMILES string of the molecule is COc1cc(C(=O)OCC(=O)NNC(=O)c2ccc([N+](=O)[O-])cc2)ccc1OCC(C)C. The molecule has 0 radical (unpaired) electrons. The number of benzene rings is 2. The smallest absolute Gasteiger partial charge is 0.338 e. The van der Waals surface area contributed by atoms with Crippen LogP contribution < -0.4 is 20.3 Å². The molecule has 0 saturated heterocycles. The molecule has 0 aromatic heterocycles. The van der Waals surface area contributed by atoms with E-state index in [1.165, 1.54) is 31.4 Å². The average molecular weight is 445 g/mol. The van der Waals surface area contributed by atoms with Gasteiger partial charge in [-0.15, -0.1) is 0 Å². The topological polar surface area (TPSA) is 146 Å². The summed E-state index contributed by atoms with van der Waals surface area (Å²) >= 11 is 0. The molecule has 11 nitrogen and oxygen atoms in total. The lowest BCUT2D eigenvalue weighted by molar-refractivity contribution is -0.384. The number of hydrogen-bond donors (Lipinski definition) is 2. The summed E-state index contributed by atoms with van der Waals surface area (Å²) in [6.45, 7) is 3.83. The molecular weight excluding hydrogens is 422 g/mol. The molecule has 0 spiro atoms. The first-order valence-electron chi connectivity index (χ1n) is 9.53. The Bertz CT molecular complexity index is 989. The van der Waals surface area contributed by atoms with Gasteiger partial charge in [0, 0.05) is 17.7 Å². The van der Waals surface area contributed by atoms with Gasteiger partial charge in [-0.3, -0.25) is 30.6 Å². The van der Waals surface area contributed by atoms with Gasteiger partial charge >= 0.3 is 5.97 Å². The Hall–Kier alpha value is -4.15. The molecule has 0 aliphatic carbocycles. The monoisotopic (exact) mass is 445 g/mol. The molecule has 0 aliphatic rings. The van der Waals surface area contributed by atoms with E-state index < -0.39 is 29.3 Å². The number of hydrogen-bond acceptors (Lipinski definition) is 8. The molecule has 2 aromatic rings. The molecule has 2 aromatic carbocycles. The van der Waals surface area contributed by atoms with Gasteiger partial charge in [0.15, 0.2) is 18.1 Å². The molecule has 11 heteroatoms. The molecule has 2 N–H and O–H groups in total. The van der Waals surface area contributed by atoms with Crippen LogP contribution in [0.4, 0.5) is 5.69 Å². The fraction of sp³-hybridized carbons (Fsp3) is 0.286. The maximum atomic E-state index is 12.2. The van der Waals surface area contributed by atoms with Crippen molar-refractivity contribution in [3.63, 3.8) is 0 Å². The molecule has 32 heavy (non-hydrogen) atoms. The van der Waals surface area contributed by atoms with Gasteiger partial charge in [0.1, 0.15) is 0 Å². The van der Waals surface area contributed by atoms with E-state index in [-0.39, 0.29) is 16.8 Å². The first-order chi connectivity index (χ1) is 15.2. The highest BCUT2D eigenvalue weighted by Gasteiger charge is 2.15. The van der Waals surface area contributed by atoms with Crippen molar-refractivity contribution in [3.8, 4) is 11.5 Å². The highest BCUT2D eigenvalue weighted by atomic mass is 16.6. The summed E-state index contributed by atoms with van der Waals surface area (Å²) in [7, 11) is 1.44. The number of carbonyl (C=O) groups excluding carboxylic acids is 3. The van der Waals surface area contributed by atoms with Crippen molar-refractivity contribution in [2.75, 3.05) is 20.3 Å². The Morgan fingerprint density at radius 1 is 1.00 bits per heavy atom. The first kappa shape index (κ1) is 24.1. The molecule has 0 fully saturated rings. The number of ether oxygens (including phenoxy) is 3. The Kier molecular flexibility index (Phi) is 8.52. The summed E-state index contributed by atoms with van der Waals surface area (Å²) in [6, 6.07) is 9.28. The van der Waals surface area contributed by atoms with Crippen LogP contribution in [0.1, 0.15) is 34.6 Å². The number of hydrazine groups is 1. The number of rotatable bonds is 9. The molecular formula is C21H23N3O8. The van der Waals surface area contributed by atoms with E-state index >= 15 is 0 Å². The van der Waals surface area contributed by atoms with Crippen LogP contribution in [0, 0.1) is 16.0 Å². The fourth-order valence-corrected chi connectivity index (χ4v) is 2.35. The summed E-state index contributed by atoms with van der Waals surface area (Å²) in [5.74, 6) is -1.11. The van der Waals surface area contributed by atoms with Gasteiger partial charge in [-0.05, 0) is 36.2 Å². The van der Waals surface area contributed by atoms with E-state index in [1.807, 2.05) is 13.8 Å². The maximum Gasteiger partial charge on any atom is 0.338 e. The largest absolute Gasteiger partial charge is 0.493 e. The molecule has 0 saturated carbocycles. The van der Waals surface area contributed by atoms with Crippen LogP contribution in [0.2, 0.25) is 0 Å². The van der Waals surface area contributed by atoms with Crippen molar-refractivity contribution in [2.45, 2.75) is 13.8 Å². The summed E-state index contributed by atoms with van der Waals surface area (Å²) in [5, 5.41) is 10.6. The van der Waals surface area contributed by atoms with Gasteiger partial charge in [0.05, 0.1) is 24.2 Å². The van der Waals surface area contributed by atoms with Crippen LogP contribution >= 0.6 is 0 Å². The lowest BCUT2D eigenvalue weighted by atomic mass is 10.2. The number of nitro groups is 1. The van der Waals surface area contributed by atoms with E-state index in [1.54, 1.807) is 6.07 Å². The predicted octanol–water partition coefficient (Wildman–Crippen LogP) is 2.26. The van der Waals surface area contributed by atoms with Crippen molar-refractivity contribution in [1.82, 2.24) is 10.9 Å². The zero-order valence-electron chi connectivity index (χ0n) is 17.7. The molecule has 2 amide bonds. The molecule has 170 valence electrons. The average Bonchev–Trinajstić information content (AvgIpc) is 2.79. The van der Waals surface area contributed by atoms with E-state index in [0.717, 1.165) is 12.1 Å². The summed E-state index contributed by atoms with van der Waals surface area (Å²) in [4.78, 5) is 46.0. The Labute approximate surface area is 183 Å². The van der Waals surface area contributed by atoms with Crippen molar-refractivity contribution in [1.29, 1.82) is 0 Å². The third-order valence-electron chi connectivity index (χ3n) is 3.96. The molecule has 2 rings (SSSR count). The molecule has 0 atom stereocenters. The third-order valence-corrected chi connectivity index (χ3v) is 3.96. The van der Waals surface area contributed by atoms with Gasteiger partial charge in [-0.2, -0.15) is 0 Å². The second-order valence-corrected chi connectivity index (χ2v) is 6.95. The van der Waals surface area contributed by atoms with Crippen molar-refractivity contribution in [2.24, 2.45) is 5.92 Å². The van der Waals surface area contributed by atoms with Gasteiger partial charge in [-0.25, -0.2) is 4.79 Å². The second-order valence-electron chi connectivity index (χ2n) is 6.95. The van der Waals surface area contributed by atoms with Crippen molar-refractivity contribution < 1.29 is 33.5 Å². The number of esters is 1. The van der Waals surface area contributed by atoms with Gasteiger partial charge in [0.25, 0.3) is 17.5 Å². The lowest BCUT2D eigenvalue weighted by Gasteiger charge is -2.13. The van der Waals surface area contributed by atoms with Gasteiger partial charge in [0.2, 0.25) is 0 Å². The highest BCUT2D eigenvalue weighted by Crippen LogP contribution is 2.28. The van der Waals surface area contributed by atoms with E-state index in [4.69, 9.17) is 14.2 Å². The summed E-state index contributed by atoms with van der Waals surface area (Å²) in [5.41, 5.74) is 4.29. The number of nitrogens with one attached hydrogen (secondary N) is 2. The van der Waals surface area contributed by atoms with E-state index in [2.05, 4.69) is 10.9 Å². The fourth-order valence-electron chi connectivity index (χ4n) is 2.35. The van der Waals surface area contributed by atoms with E-state index in [0.29, 0.717) is 24.0 Å². The van der Waals surface area contributed by atoms with Crippen molar-refractivity contribution >= 4 is 23.5 Å². The third kappa shape index (κ3) is 6.97. The van der Waals surface area contributed by atoms with Crippen LogP contribution in [0.3, 0.4) is 0 Å². The summed E-state index contributed by atoms with van der Waals surface area (Å²) in [6.07, 6.45) is 0. The highest BCUT2D eigenvalue weighted by molar-refractivity contribution is 5.96. The Balaban J connectivity index is 1.85. The molecule has 0 heterocycles. The number of methoxy groups -OCH3 is 1. The second kappa shape index (κ2) is 11.3. The summed E-state index contributed by atoms with van der Waals surface area (Å²) < 4.78 is 15.8. The van der Waals surface area contributed by atoms with Crippen LogP contribution in [0.5, 0.6) is 11.5 Å². The quantitative estimate of drug-likeness (QED) is 0.339. The normalized spacial score (nSPS) is 10.2. The molecule has 0 aliphatic heterocycles. The predicted molar refractivity (Wildman–Crippen MR) is 112 cm³/mol. The number of amides is 2. The number of carbonyl (C=O) groups is 3. The Morgan fingerprint density at radius 2 is 1.66 bits per heavy atom. The standard InChI is InChI=1S/C21H23N3O8/c1-13(2)11-31-17-9-6-15(10-18(17)30-3)21(27)32-12-19(25)22-23-20(26)14-4-7-16(8-5-14)24(28)29/h4-10,13H,11-12H2,1-3H3,(H,22,25)(H,23,26). The van der Waals surface area contributed by atoms with Crippen LogP contribution in [0.25, 0.3) is 0 Å². The zero-order chi connectivity index (χ0) is 23.7. The van der Waals surface area contributed by atoms with Crippen LogP contribution in [-0.4, -0.2) is 43.0 Å². The lowest BCUT2D eigenvalue weighted by Crippen LogP contribution is -2.43. The molecule has 0 bridgehead atoms. The zero-order valence-corrected chi connectivity index (χ0v) is 17.7. The number of nitro benzene ring substituents is 1. The van der Waals surface area contributed by atoms with Crippen molar-refractivity contribution in [3.05, 3.63) is 63.7 Å². The minimum atomic E-state index is -0.780.